The van der Waals surface area contributed by atoms with E-state index in [0.717, 1.165) is 22.3 Å². The first-order valence-corrected chi connectivity index (χ1v) is 11.6. The second kappa shape index (κ2) is 7.75. The zero-order valence-electron chi connectivity index (χ0n) is 18.7. The molecule has 1 aliphatic carbocycles. The number of fused-ring (bicyclic) bond motifs is 2. The van der Waals surface area contributed by atoms with Crippen LogP contribution in [-0.2, 0) is 10.2 Å². The largest absolute Gasteiger partial charge is 0.478 e. The molecule has 1 spiro atoms. The number of aromatic nitrogens is 2. The number of nitrogens with zero attached hydrogens (tertiary/aromatic N) is 2. The predicted octanol–water partition coefficient (Wildman–Crippen LogP) is 5.85. The topological polar surface area (TPSA) is 92.2 Å². The monoisotopic (exact) mass is 481 g/mol. The van der Waals surface area contributed by atoms with Crippen molar-refractivity contribution in [1.82, 2.24) is 9.97 Å². The summed E-state index contributed by atoms with van der Waals surface area (Å²) < 4.78 is 0. The van der Waals surface area contributed by atoms with Gasteiger partial charge in [-0.05, 0) is 59.9 Å². The molecule has 3 heterocycles. The summed E-state index contributed by atoms with van der Waals surface area (Å²) in [6.07, 6.45) is 4.08. The number of halogens is 1. The first-order valence-electron chi connectivity index (χ1n) is 11.3. The number of hydrogen-bond acceptors (Lipinski definition) is 4. The Hall–Kier alpha value is -4.03. The van der Waals surface area contributed by atoms with Crippen LogP contribution < -0.4 is 5.32 Å². The Morgan fingerprint density at radius 1 is 1.03 bits per heavy atom. The van der Waals surface area contributed by atoms with E-state index in [1.807, 2.05) is 42.5 Å². The number of aryl methyl sites for hydroxylation is 1. The van der Waals surface area contributed by atoms with Crippen LogP contribution in [-0.4, -0.2) is 27.0 Å². The maximum Gasteiger partial charge on any atom is 0.335 e. The minimum atomic E-state index is -0.974. The first kappa shape index (κ1) is 21.5. The lowest BCUT2D eigenvalue weighted by atomic mass is 9.93. The van der Waals surface area contributed by atoms with Gasteiger partial charge in [0.05, 0.1) is 27.7 Å². The lowest BCUT2D eigenvalue weighted by Gasteiger charge is -2.12. The molecule has 0 radical (unpaired) electrons. The number of carbonyl (C=O) groups excluding carboxylic acids is 1. The number of carboxylic acids is 1. The van der Waals surface area contributed by atoms with Crippen molar-refractivity contribution in [1.29, 1.82) is 0 Å². The molecule has 0 saturated heterocycles. The molecule has 172 valence electrons. The van der Waals surface area contributed by atoms with Gasteiger partial charge >= 0.3 is 5.97 Å². The van der Waals surface area contributed by atoms with Crippen molar-refractivity contribution in [3.63, 3.8) is 0 Å². The van der Waals surface area contributed by atoms with Crippen LogP contribution in [0.25, 0.3) is 22.4 Å². The average molecular weight is 482 g/mol. The summed E-state index contributed by atoms with van der Waals surface area (Å²) in [6, 6.07) is 19.0. The molecule has 6 rings (SSSR count). The summed E-state index contributed by atoms with van der Waals surface area (Å²) in [6.45, 7) is 1.77. The van der Waals surface area contributed by atoms with Crippen LogP contribution in [0.15, 0.2) is 73.1 Å². The summed E-state index contributed by atoms with van der Waals surface area (Å²) in [4.78, 5) is 33.7. The number of aromatic carboxylic acids is 1. The lowest BCUT2D eigenvalue weighted by Crippen LogP contribution is -2.21. The van der Waals surface area contributed by atoms with Gasteiger partial charge in [-0.25, -0.2) is 9.78 Å². The van der Waals surface area contributed by atoms with Crippen molar-refractivity contribution in [2.24, 2.45) is 0 Å². The molecular formula is C28H20ClN3O3. The Kier molecular flexibility index (Phi) is 4.76. The minimum absolute atomic E-state index is 0.122. The third kappa shape index (κ3) is 3.33. The molecule has 0 bridgehead atoms. The number of carboxylic acid groups (broad SMARTS) is 1. The van der Waals surface area contributed by atoms with Crippen molar-refractivity contribution < 1.29 is 14.7 Å². The minimum Gasteiger partial charge on any atom is -0.478 e. The quantitative estimate of drug-likeness (QED) is 0.381. The maximum atomic E-state index is 13.1. The van der Waals surface area contributed by atoms with Gasteiger partial charge in [0.1, 0.15) is 5.41 Å². The Morgan fingerprint density at radius 3 is 2.43 bits per heavy atom. The normalized spacial score (nSPS) is 19.9. The molecule has 6 nitrogen and oxygen atoms in total. The molecule has 35 heavy (non-hydrogen) atoms. The number of anilines is 1. The van der Waals surface area contributed by atoms with Crippen molar-refractivity contribution in [2.45, 2.75) is 24.7 Å². The van der Waals surface area contributed by atoms with Gasteiger partial charge in [0.25, 0.3) is 0 Å². The van der Waals surface area contributed by atoms with Gasteiger partial charge in [0.15, 0.2) is 0 Å². The molecule has 1 aliphatic heterocycles. The molecule has 2 unspecified atom stereocenters. The second-order valence-corrected chi connectivity index (χ2v) is 9.50. The maximum absolute atomic E-state index is 13.1. The molecule has 7 heteroatoms. The summed E-state index contributed by atoms with van der Waals surface area (Å²) >= 11 is 6.60. The van der Waals surface area contributed by atoms with E-state index < -0.39 is 11.4 Å². The molecule has 1 saturated carbocycles. The molecule has 2 N–H and O–H groups in total. The van der Waals surface area contributed by atoms with Gasteiger partial charge in [-0.15, -0.1) is 0 Å². The van der Waals surface area contributed by atoms with Crippen molar-refractivity contribution in [3.8, 4) is 22.4 Å². The number of pyridine rings is 2. The van der Waals surface area contributed by atoms with Gasteiger partial charge in [-0.2, -0.15) is 0 Å². The average Bonchev–Trinajstić information content (AvgIpc) is 3.55. The fourth-order valence-electron chi connectivity index (χ4n) is 5.10. The van der Waals surface area contributed by atoms with E-state index in [4.69, 9.17) is 16.6 Å². The fourth-order valence-corrected chi connectivity index (χ4v) is 5.36. The molecular weight excluding hydrogens is 462 g/mol. The van der Waals surface area contributed by atoms with Crippen LogP contribution in [0, 0.1) is 6.92 Å². The van der Waals surface area contributed by atoms with Gasteiger partial charge in [0, 0.05) is 23.9 Å². The highest BCUT2D eigenvalue weighted by atomic mass is 35.5. The molecule has 4 aromatic rings. The third-order valence-corrected chi connectivity index (χ3v) is 7.37. The van der Waals surface area contributed by atoms with Crippen LogP contribution in [0.2, 0.25) is 5.02 Å². The summed E-state index contributed by atoms with van der Waals surface area (Å²) in [5, 5.41) is 12.9. The standard InChI is InChI=1S/C28H20ClN3O3/c1-15-2-3-19(12-20(15)26(33)34)21-14-28(21)25-23(31-27(28)35)13-22(29)24(32-25)18-6-4-16(5-7-18)17-8-10-30-11-9-17/h2-13,21H,14H2,1H3,(H,31,35)(H,33,34). The van der Waals surface area contributed by atoms with E-state index in [2.05, 4.69) is 10.3 Å². The highest BCUT2D eigenvalue weighted by Gasteiger charge is 2.66. The number of amides is 1. The van der Waals surface area contributed by atoms with Crippen molar-refractivity contribution >= 4 is 29.2 Å². The van der Waals surface area contributed by atoms with Crippen molar-refractivity contribution in [3.05, 3.63) is 100 Å². The molecule has 1 amide bonds. The highest BCUT2D eigenvalue weighted by Crippen LogP contribution is 2.65. The van der Waals surface area contributed by atoms with E-state index in [0.29, 0.717) is 34.1 Å². The SMILES string of the molecule is Cc1ccc(C2CC23C(=O)Nc2cc(Cl)c(-c4ccc(-c5ccncc5)cc4)nc23)cc1C(=O)O. The Balaban J connectivity index is 1.38. The van der Waals surface area contributed by atoms with E-state index in [-0.39, 0.29) is 17.4 Å². The Labute approximate surface area is 206 Å². The van der Waals surface area contributed by atoms with Crippen LogP contribution in [0.1, 0.15) is 39.5 Å². The van der Waals surface area contributed by atoms with E-state index in [9.17, 15) is 14.7 Å². The molecule has 1 fully saturated rings. The highest BCUT2D eigenvalue weighted by molar-refractivity contribution is 6.33. The van der Waals surface area contributed by atoms with Gasteiger partial charge in [0.2, 0.25) is 5.91 Å². The lowest BCUT2D eigenvalue weighted by molar-refractivity contribution is -0.118. The summed E-state index contributed by atoms with van der Waals surface area (Å²) in [5.74, 6) is -1.24. The number of rotatable bonds is 4. The summed E-state index contributed by atoms with van der Waals surface area (Å²) in [7, 11) is 0. The van der Waals surface area contributed by atoms with Crippen LogP contribution in [0.4, 0.5) is 5.69 Å². The molecule has 2 aromatic carbocycles. The Bertz CT molecular complexity index is 1520. The first-order chi connectivity index (χ1) is 16.9. The smallest absolute Gasteiger partial charge is 0.335 e. The van der Waals surface area contributed by atoms with Gasteiger partial charge < -0.3 is 10.4 Å². The zero-order chi connectivity index (χ0) is 24.3. The molecule has 2 aliphatic rings. The number of nitrogens with one attached hydrogen (secondary N) is 1. The van der Waals surface area contributed by atoms with Crippen LogP contribution >= 0.6 is 11.6 Å². The number of benzene rings is 2. The van der Waals surface area contributed by atoms with Crippen molar-refractivity contribution in [2.75, 3.05) is 5.32 Å². The van der Waals surface area contributed by atoms with E-state index in [1.165, 1.54) is 0 Å². The third-order valence-electron chi connectivity index (χ3n) is 7.08. The Morgan fingerprint density at radius 2 is 1.71 bits per heavy atom. The van der Waals surface area contributed by atoms with Gasteiger partial charge in [-0.3, -0.25) is 9.78 Å². The summed E-state index contributed by atoms with van der Waals surface area (Å²) in [5.41, 5.74) is 5.83. The van der Waals surface area contributed by atoms with Crippen LogP contribution in [0.5, 0.6) is 0 Å². The second-order valence-electron chi connectivity index (χ2n) is 9.09. The fraction of sp³-hybridized carbons (Fsp3) is 0.143. The predicted molar refractivity (Wildman–Crippen MR) is 134 cm³/mol. The van der Waals surface area contributed by atoms with Crippen LogP contribution in [0.3, 0.4) is 0 Å². The van der Waals surface area contributed by atoms with Gasteiger partial charge in [-0.1, -0.05) is 48.0 Å². The number of carbonyl (C=O) groups is 2. The molecule has 2 aromatic heterocycles. The molecule has 2 atom stereocenters. The van der Waals surface area contributed by atoms with E-state index >= 15 is 0 Å². The number of hydrogen-bond donors (Lipinski definition) is 2. The van der Waals surface area contributed by atoms with E-state index in [1.54, 1.807) is 37.5 Å². The zero-order valence-corrected chi connectivity index (χ0v) is 19.5.